The summed E-state index contributed by atoms with van der Waals surface area (Å²) < 4.78 is 6.13. The van der Waals surface area contributed by atoms with Crippen LogP contribution in [0.2, 0.25) is 0 Å². The molecule has 0 bridgehead atoms. The van der Waals surface area contributed by atoms with E-state index in [1.807, 2.05) is 36.4 Å². The van der Waals surface area contributed by atoms with E-state index in [4.69, 9.17) is 14.8 Å². The molecular weight excluding hydrogens is 614 g/mol. The number of hydrogen-bond donors (Lipinski definition) is 2. The fourth-order valence-electron chi connectivity index (χ4n) is 7.20. The van der Waals surface area contributed by atoms with Crippen LogP contribution >= 0.6 is 0 Å². The summed E-state index contributed by atoms with van der Waals surface area (Å²) in [5.41, 5.74) is 2.28. The van der Waals surface area contributed by atoms with Crippen molar-refractivity contribution >= 4 is 23.5 Å². The van der Waals surface area contributed by atoms with E-state index in [9.17, 15) is 14.4 Å². The van der Waals surface area contributed by atoms with Crippen LogP contribution in [0, 0.1) is 22.7 Å². The maximum atomic E-state index is 14.8. The first kappa shape index (κ1) is 38.1. The number of carbonyl (C=O) groups excluding carboxylic acids is 2. The number of aliphatic carboxylic acids is 1. The van der Waals surface area contributed by atoms with Crippen LogP contribution in [0.3, 0.4) is 0 Å². The number of nitrogens with zero attached hydrogens (tertiary/aromatic N) is 2. The fourth-order valence-corrected chi connectivity index (χ4v) is 7.20. The van der Waals surface area contributed by atoms with Gasteiger partial charge in [0.2, 0.25) is 0 Å². The lowest BCUT2D eigenvalue weighted by Crippen LogP contribution is -2.51. The Labute approximate surface area is 294 Å². The van der Waals surface area contributed by atoms with Crippen molar-refractivity contribution in [2.45, 2.75) is 125 Å². The molecule has 1 aliphatic carbocycles. The van der Waals surface area contributed by atoms with Crippen LogP contribution in [0.1, 0.15) is 141 Å². The highest BCUT2D eigenvalue weighted by atomic mass is 16.5. The second kappa shape index (κ2) is 15.9. The molecule has 4 rings (SSSR count). The molecule has 0 saturated heterocycles. The van der Waals surface area contributed by atoms with E-state index in [1.54, 1.807) is 12.1 Å². The van der Waals surface area contributed by atoms with Crippen molar-refractivity contribution in [3.63, 3.8) is 0 Å². The minimum atomic E-state index is -0.958. The predicted molar refractivity (Wildman–Crippen MR) is 196 cm³/mol. The lowest BCUT2D eigenvalue weighted by molar-refractivity contribution is -0.137. The Kier molecular flexibility index (Phi) is 12.4. The third kappa shape index (κ3) is 10.2. The highest BCUT2D eigenvalue weighted by Gasteiger charge is 2.52. The quantitative estimate of drug-likeness (QED) is 0.195. The molecule has 8 nitrogen and oxygen atoms in total. The van der Waals surface area contributed by atoms with Crippen molar-refractivity contribution < 1.29 is 24.2 Å². The van der Waals surface area contributed by atoms with E-state index in [1.165, 1.54) is 0 Å². The topological polar surface area (TPSA) is 108 Å². The minimum absolute atomic E-state index is 0.0486. The molecule has 0 aromatic heterocycles. The van der Waals surface area contributed by atoms with Crippen molar-refractivity contribution in [2.24, 2.45) is 27.7 Å². The van der Waals surface area contributed by atoms with Gasteiger partial charge in [-0.1, -0.05) is 79.7 Å². The lowest BCUT2D eigenvalue weighted by atomic mass is 9.69. The summed E-state index contributed by atoms with van der Waals surface area (Å²) in [6.07, 6.45) is 7.17. The molecule has 2 aliphatic rings. The van der Waals surface area contributed by atoms with E-state index >= 15 is 0 Å². The molecule has 1 fully saturated rings. The normalized spacial score (nSPS) is 20.4. The van der Waals surface area contributed by atoms with Gasteiger partial charge in [0.15, 0.2) is 0 Å². The molecule has 8 heteroatoms. The second-order valence-electron chi connectivity index (χ2n) is 16.8. The zero-order valence-electron chi connectivity index (χ0n) is 31.1. The molecular formula is C41H59N3O5. The van der Waals surface area contributed by atoms with Crippen molar-refractivity contribution in [1.29, 1.82) is 0 Å². The number of ether oxygens (including phenoxy) is 1. The van der Waals surface area contributed by atoms with Crippen LogP contribution < -0.4 is 10.1 Å². The molecule has 49 heavy (non-hydrogen) atoms. The van der Waals surface area contributed by atoms with Gasteiger partial charge in [0.25, 0.3) is 11.8 Å². The molecule has 2 aromatic rings. The Morgan fingerprint density at radius 3 is 2.29 bits per heavy atom. The Morgan fingerprint density at radius 2 is 1.69 bits per heavy atom. The number of benzene rings is 2. The lowest BCUT2D eigenvalue weighted by Gasteiger charge is -2.47. The van der Waals surface area contributed by atoms with E-state index in [0.29, 0.717) is 29.7 Å². The Hall–Kier alpha value is -3.68. The standard InChI is InChI=1S/C41H59N3O5/c1-28(2)11-10-26-49-33-13-9-12-31(27-33)36-38(48)44(41(43-36)23-18-32(19-24-41)40(6,7)8)34(20-22-39(3,4)5)29-14-16-30(17-15-29)37(47)42-25-21-35(45)46/h9,12-17,27-28,32,34H,10-11,18-26H2,1-8H3,(H,42,47)(H,45,46)/t32?,34-,41?/m1/s1. The maximum Gasteiger partial charge on any atom is 0.305 e. The Bertz CT molecular complexity index is 1470. The third-order valence-electron chi connectivity index (χ3n) is 10.2. The van der Waals surface area contributed by atoms with Crippen LogP contribution in [0.4, 0.5) is 0 Å². The van der Waals surface area contributed by atoms with E-state index in [-0.39, 0.29) is 41.7 Å². The van der Waals surface area contributed by atoms with Crippen LogP contribution in [0.25, 0.3) is 0 Å². The summed E-state index contributed by atoms with van der Waals surface area (Å²) >= 11 is 0. The molecule has 1 heterocycles. The highest BCUT2D eigenvalue weighted by Crippen LogP contribution is 2.50. The first-order valence-electron chi connectivity index (χ1n) is 18.3. The average Bonchev–Trinajstić information content (AvgIpc) is 3.29. The van der Waals surface area contributed by atoms with Gasteiger partial charge in [0.1, 0.15) is 17.1 Å². The molecule has 1 aliphatic heterocycles. The zero-order valence-corrected chi connectivity index (χ0v) is 31.1. The van der Waals surface area contributed by atoms with Gasteiger partial charge < -0.3 is 20.1 Å². The van der Waals surface area contributed by atoms with Gasteiger partial charge in [0.05, 0.1) is 19.1 Å². The predicted octanol–water partition coefficient (Wildman–Crippen LogP) is 8.84. The summed E-state index contributed by atoms with van der Waals surface area (Å²) in [5, 5.41) is 11.6. The number of carbonyl (C=O) groups is 3. The van der Waals surface area contributed by atoms with Crippen molar-refractivity contribution in [2.75, 3.05) is 13.2 Å². The molecule has 0 unspecified atom stereocenters. The van der Waals surface area contributed by atoms with Crippen molar-refractivity contribution in [1.82, 2.24) is 10.2 Å². The fraction of sp³-hybridized carbons (Fsp3) is 0.610. The molecule has 2 aromatic carbocycles. The van der Waals surface area contributed by atoms with Crippen LogP contribution in [0.5, 0.6) is 5.75 Å². The maximum absolute atomic E-state index is 14.8. The largest absolute Gasteiger partial charge is 0.494 e. The van der Waals surface area contributed by atoms with Gasteiger partial charge in [-0.15, -0.1) is 0 Å². The van der Waals surface area contributed by atoms with Gasteiger partial charge in [0, 0.05) is 17.7 Å². The van der Waals surface area contributed by atoms with Crippen molar-refractivity contribution in [3.05, 3.63) is 65.2 Å². The summed E-state index contributed by atoms with van der Waals surface area (Å²) in [6, 6.07) is 15.1. The molecule has 1 spiro atoms. The number of aliphatic imine (C=N–C) groups is 1. The van der Waals surface area contributed by atoms with Gasteiger partial charge in [-0.05, 0) is 104 Å². The molecule has 1 saturated carbocycles. The molecule has 268 valence electrons. The number of carboxylic acids is 1. The third-order valence-corrected chi connectivity index (χ3v) is 10.2. The number of hydrogen-bond acceptors (Lipinski definition) is 5. The average molecular weight is 674 g/mol. The molecule has 1 atom stereocenters. The number of carboxylic acid groups (broad SMARTS) is 1. The van der Waals surface area contributed by atoms with E-state index in [0.717, 1.165) is 68.2 Å². The van der Waals surface area contributed by atoms with Crippen LogP contribution in [0.15, 0.2) is 53.5 Å². The second-order valence-corrected chi connectivity index (χ2v) is 16.8. The van der Waals surface area contributed by atoms with Gasteiger partial charge >= 0.3 is 5.97 Å². The van der Waals surface area contributed by atoms with Crippen molar-refractivity contribution in [3.8, 4) is 5.75 Å². The number of amides is 2. The minimum Gasteiger partial charge on any atom is -0.494 e. The molecule has 2 amide bonds. The molecule has 0 radical (unpaired) electrons. The van der Waals surface area contributed by atoms with Gasteiger partial charge in [-0.25, -0.2) is 0 Å². The monoisotopic (exact) mass is 673 g/mol. The van der Waals surface area contributed by atoms with E-state index < -0.39 is 11.6 Å². The Morgan fingerprint density at radius 1 is 1.02 bits per heavy atom. The van der Waals surface area contributed by atoms with Gasteiger partial charge in [-0.2, -0.15) is 0 Å². The summed E-state index contributed by atoms with van der Waals surface area (Å²) in [4.78, 5) is 46.0. The van der Waals surface area contributed by atoms with Crippen LogP contribution in [-0.4, -0.2) is 52.3 Å². The molecule has 2 N–H and O–H groups in total. The smallest absolute Gasteiger partial charge is 0.305 e. The number of rotatable bonds is 14. The SMILES string of the molecule is CC(C)CCCOc1cccc(C2=NC3(CCC(C(C)(C)C)CC3)N([C@H](CCC(C)(C)C)c3ccc(C(=O)NCCC(=O)O)cc3)C2=O)c1. The zero-order chi connectivity index (χ0) is 36.0. The first-order valence-corrected chi connectivity index (χ1v) is 18.3. The summed E-state index contributed by atoms with van der Waals surface area (Å²) in [7, 11) is 0. The summed E-state index contributed by atoms with van der Waals surface area (Å²) in [6.45, 7) is 18.7. The van der Waals surface area contributed by atoms with Gasteiger partial charge in [-0.3, -0.25) is 19.4 Å². The number of nitrogens with one attached hydrogen (secondary N) is 1. The first-order chi connectivity index (χ1) is 23.0. The van der Waals surface area contributed by atoms with E-state index in [2.05, 4.69) is 65.6 Å². The highest BCUT2D eigenvalue weighted by molar-refractivity contribution is 6.46. The Balaban J connectivity index is 1.70. The summed E-state index contributed by atoms with van der Waals surface area (Å²) in [5.74, 6) is 0.594. The van der Waals surface area contributed by atoms with Crippen LogP contribution in [-0.2, 0) is 9.59 Å².